The zero-order valence-corrected chi connectivity index (χ0v) is 11.7. The van der Waals surface area contributed by atoms with Gasteiger partial charge < -0.3 is 4.74 Å². The Balaban J connectivity index is 2.38. The van der Waals surface area contributed by atoms with E-state index < -0.39 is 0 Å². The van der Waals surface area contributed by atoms with E-state index in [1.165, 1.54) is 10.4 Å². The van der Waals surface area contributed by atoms with Gasteiger partial charge in [0.25, 0.3) is 0 Å². The van der Waals surface area contributed by atoms with E-state index in [0.717, 1.165) is 16.9 Å². The standard InChI is InChI=1S/C14H18N2OS/c1-9-4-5-11(7-13(9)17-3)14(16-15)12-6-10(2)18-8-12/h4-8,14,16H,15H2,1-3H3. The summed E-state index contributed by atoms with van der Waals surface area (Å²) in [6.45, 7) is 4.12. The fraction of sp³-hybridized carbons (Fsp3) is 0.286. The number of nitrogens with one attached hydrogen (secondary N) is 1. The lowest BCUT2D eigenvalue weighted by molar-refractivity contribution is 0.410. The van der Waals surface area contributed by atoms with E-state index in [4.69, 9.17) is 10.6 Å². The molecule has 0 fully saturated rings. The van der Waals surface area contributed by atoms with Crippen LogP contribution in [0, 0.1) is 13.8 Å². The molecule has 96 valence electrons. The molecule has 0 amide bonds. The Morgan fingerprint density at radius 1 is 1.22 bits per heavy atom. The molecule has 0 aliphatic heterocycles. The summed E-state index contributed by atoms with van der Waals surface area (Å²) in [4.78, 5) is 1.28. The van der Waals surface area contributed by atoms with Gasteiger partial charge >= 0.3 is 0 Å². The summed E-state index contributed by atoms with van der Waals surface area (Å²) < 4.78 is 5.36. The summed E-state index contributed by atoms with van der Waals surface area (Å²) in [5.74, 6) is 6.58. The molecule has 18 heavy (non-hydrogen) atoms. The van der Waals surface area contributed by atoms with Crippen LogP contribution in [0.25, 0.3) is 0 Å². The number of hydrazine groups is 1. The van der Waals surface area contributed by atoms with Gasteiger partial charge in [0.15, 0.2) is 0 Å². The summed E-state index contributed by atoms with van der Waals surface area (Å²) in [6.07, 6.45) is 0. The molecule has 0 radical (unpaired) electrons. The van der Waals surface area contributed by atoms with Crippen molar-refractivity contribution in [2.24, 2.45) is 5.84 Å². The minimum absolute atomic E-state index is 0.00412. The highest BCUT2D eigenvalue weighted by Gasteiger charge is 2.15. The second-order valence-corrected chi connectivity index (χ2v) is 5.43. The lowest BCUT2D eigenvalue weighted by Gasteiger charge is -2.17. The zero-order chi connectivity index (χ0) is 13.1. The average Bonchev–Trinajstić information content (AvgIpc) is 2.79. The van der Waals surface area contributed by atoms with E-state index in [0.29, 0.717) is 0 Å². The fourth-order valence-corrected chi connectivity index (χ4v) is 2.75. The molecular weight excluding hydrogens is 244 g/mol. The second kappa shape index (κ2) is 5.52. The smallest absolute Gasteiger partial charge is 0.122 e. The Bertz CT molecular complexity index is 536. The number of aryl methyl sites for hydroxylation is 2. The highest BCUT2D eigenvalue weighted by Crippen LogP contribution is 2.29. The number of benzene rings is 1. The number of nitrogens with two attached hydrogens (primary N) is 1. The van der Waals surface area contributed by atoms with Gasteiger partial charge in [-0.2, -0.15) is 0 Å². The monoisotopic (exact) mass is 262 g/mol. The highest BCUT2D eigenvalue weighted by molar-refractivity contribution is 7.10. The number of hydrogen-bond acceptors (Lipinski definition) is 4. The Labute approximate surface area is 112 Å². The first kappa shape index (κ1) is 13.1. The van der Waals surface area contributed by atoms with E-state index in [9.17, 15) is 0 Å². The maximum absolute atomic E-state index is 5.69. The van der Waals surface area contributed by atoms with Gasteiger partial charge in [-0.1, -0.05) is 12.1 Å². The van der Waals surface area contributed by atoms with Crippen molar-refractivity contribution in [3.63, 3.8) is 0 Å². The lowest BCUT2D eigenvalue weighted by atomic mass is 10.00. The molecule has 1 heterocycles. The van der Waals surface area contributed by atoms with Crippen molar-refractivity contribution in [3.05, 3.63) is 51.2 Å². The predicted molar refractivity (Wildman–Crippen MR) is 76.0 cm³/mol. The van der Waals surface area contributed by atoms with Crippen LogP contribution in [-0.2, 0) is 0 Å². The van der Waals surface area contributed by atoms with E-state index in [1.807, 2.05) is 13.0 Å². The quantitative estimate of drug-likeness (QED) is 0.658. The van der Waals surface area contributed by atoms with Crippen LogP contribution < -0.4 is 16.0 Å². The largest absolute Gasteiger partial charge is 0.496 e. The number of thiophene rings is 1. The van der Waals surface area contributed by atoms with Crippen molar-refractivity contribution < 1.29 is 4.74 Å². The molecule has 0 bridgehead atoms. The van der Waals surface area contributed by atoms with Gasteiger partial charge in [0.2, 0.25) is 0 Å². The third kappa shape index (κ3) is 2.56. The summed E-state index contributed by atoms with van der Waals surface area (Å²) in [7, 11) is 1.69. The molecule has 2 aromatic rings. The van der Waals surface area contributed by atoms with Gasteiger partial charge in [-0.05, 0) is 48.1 Å². The van der Waals surface area contributed by atoms with E-state index in [1.54, 1.807) is 18.4 Å². The summed E-state index contributed by atoms with van der Waals surface area (Å²) in [5.41, 5.74) is 6.29. The van der Waals surface area contributed by atoms with Gasteiger partial charge in [-0.15, -0.1) is 11.3 Å². The van der Waals surface area contributed by atoms with Gasteiger partial charge in [-0.25, -0.2) is 5.43 Å². The number of methoxy groups -OCH3 is 1. The minimum Gasteiger partial charge on any atom is -0.496 e. The molecule has 1 atom stereocenters. The lowest BCUT2D eigenvalue weighted by Crippen LogP contribution is -2.28. The maximum atomic E-state index is 5.69. The highest BCUT2D eigenvalue weighted by atomic mass is 32.1. The van der Waals surface area contributed by atoms with Crippen LogP contribution in [0.3, 0.4) is 0 Å². The molecule has 3 N–H and O–H groups in total. The number of hydrogen-bond donors (Lipinski definition) is 2. The molecule has 1 aromatic carbocycles. The first-order valence-electron chi connectivity index (χ1n) is 5.81. The van der Waals surface area contributed by atoms with Crippen molar-refractivity contribution in [2.75, 3.05) is 7.11 Å². The van der Waals surface area contributed by atoms with Crippen molar-refractivity contribution in [1.82, 2.24) is 5.43 Å². The Hall–Kier alpha value is -1.36. The first-order chi connectivity index (χ1) is 8.65. The molecule has 0 aliphatic rings. The van der Waals surface area contributed by atoms with E-state index >= 15 is 0 Å². The van der Waals surface area contributed by atoms with Crippen LogP contribution in [0.15, 0.2) is 29.6 Å². The SMILES string of the molecule is COc1cc(C(NN)c2csc(C)c2)ccc1C. The van der Waals surface area contributed by atoms with Crippen LogP contribution >= 0.6 is 11.3 Å². The summed E-state index contributed by atoms with van der Waals surface area (Å²) >= 11 is 1.73. The molecular formula is C14H18N2OS. The van der Waals surface area contributed by atoms with Gasteiger partial charge in [0.05, 0.1) is 13.2 Å². The third-order valence-electron chi connectivity index (χ3n) is 3.02. The van der Waals surface area contributed by atoms with Gasteiger partial charge in [0.1, 0.15) is 5.75 Å². The first-order valence-corrected chi connectivity index (χ1v) is 6.69. The topological polar surface area (TPSA) is 47.3 Å². The van der Waals surface area contributed by atoms with Crippen molar-refractivity contribution in [3.8, 4) is 5.75 Å². The van der Waals surface area contributed by atoms with Crippen LogP contribution in [0.2, 0.25) is 0 Å². The molecule has 1 unspecified atom stereocenters. The zero-order valence-electron chi connectivity index (χ0n) is 10.9. The molecule has 1 aromatic heterocycles. The number of rotatable bonds is 4. The molecule has 0 spiro atoms. The minimum atomic E-state index is 0.00412. The van der Waals surface area contributed by atoms with E-state index in [2.05, 4.69) is 35.9 Å². The van der Waals surface area contributed by atoms with Crippen LogP contribution in [0.1, 0.15) is 27.6 Å². The Morgan fingerprint density at radius 3 is 2.56 bits per heavy atom. The fourth-order valence-electron chi connectivity index (χ4n) is 2.02. The van der Waals surface area contributed by atoms with Crippen LogP contribution in [-0.4, -0.2) is 7.11 Å². The number of ether oxygens (including phenoxy) is 1. The second-order valence-electron chi connectivity index (χ2n) is 4.32. The molecule has 0 saturated carbocycles. The molecule has 4 heteroatoms. The molecule has 0 saturated heterocycles. The molecule has 0 aliphatic carbocycles. The van der Waals surface area contributed by atoms with Crippen LogP contribution in [0.4, 0.5) is 0 Å². The predicted octanol–water partition coefficient (Wildman–Crippen LogP) is 2.93. The average molecular weight is 262 g/mol. The third-order valence-corrected chi connectivity index (χ3v) is 3.90. The van der Waals surface area contributed by atoms with Gasteiger partial charge in [0, 0.05) is 4.88 Å². The normalized spacial score (nSPS) is 12.4. The Morgan fingerprint density at radius 2 is 2.00 bits per heavy atom. The molecule has 2 rings (SSSR count). The van der Waals surface area contributed by atoms with Crippen molar-refractivity contribution in [2.45, 2.75) is 19.9 Å². The van der Waals surface area contributed by atoms with Gasteiger partial charge in [-0.3, -0.25) is 5.84 Å². The Kier molecular flexibility index (Phi) is 4.01. The summed E-state index contributed by atoms with van der Waals surface area (Å²) in [6, 6.07) is 8.33. The van der Waals surface area contributed by atoms with E-state index in [-0.39, 0.29) is 6.04 Å². The van der Waals surface area contributed by atoms with Crippen LogP contribution in [0.5, 0.6) is 5.75 Å². The molecule has 3 nitrogen and oxygen atoms in total. The van der Waals surface area contributed by atoms with Crippen molar-refractivity contribution in [1.29, 1.82) is 0 Å². The maximum Gasteiger partial charge on any atom is 0.122 e. The van der Waals surface area contributed by atoms with Crippen molar-refractivity contribution >= 4 is 11.3 Å². The summed E-state index contributed by atoms with van der Waals surface area (Å²) in [5, 5.41) is 2.13.